The van der Waals surface area contributed by atoms with Crippen LogP contribution in [0.4, 0.5) is 11.4 Å². The van der Waals surface area contributed by atoms with Crippen molar-refractivity contribution in [3.8, 4) is 5.75 Å². The standard InChI is InChI=1S/C17H25N3O3/c1-2-23-16-7-3-6-15(17(16)20(21)22)19-11-8-13(9-12-19)14-5-4-10-18-14/h3,6-7,13-14,18H,2,4-5,8-12H2,1H3. The van der Waals surface area contributed by atoms with Crippen LogP contribution in [0.1, 0.15) is 32.6 Å². The molecular weight excluding hydrogens is 294 g/mol. The zero-order valence-corrected chi connectivity index (χ0v) is 13.7. The van der Waals surface area contributed by atoms with Gasteiger partial charge in [-0.05, 0) is 57.2 Å². The van der Waals surface area contributed by atoms with Crippen LogP contribution in [0.25, 0.3) is 0 Å². The van der Waals surface area contributed by atoms with Crippen molar-refractivity contribution < 1.29 is 9.66 Å². The van der Waals surface area contributed by atoms with Crippen LogP contribution in [0.2, 0.25) is 0 Å². The Hall–Kier alpha value is -1.82. The quantitative estimate of drug-likeness (QED) is 0.667. The second kappa shape index (κ2) is 7.17. The van der Waals surface area contributed by atoms with Gasteiger partial charge in [0.1, 0.15) is 5.69 Å². The number of para-hydroxylation sites is 1. The van der Waals surface area contributed by atoms with Crippen molar-refractivity contribution >= 4 is 11.4 Å². The van der Waals surface area contributed by atoms with Crippen LogP contribution < -0.4 is 15.0 Å². The van der Waals surface area contributed by atoms with Gasteiger partial charge in [-0.3, -0.25) is 10.1 Å². The molecule has 1 N–H and O–H groups in total. The Labute approximate surface area is 137 Å². The summed E-state index contributed by atoms with van der Waals surface area (Å²) in [7, 11) is 0. The molecule has 126 valence electrons. The van der Waals surface area contributed by atoms with E-state index in [0.717, 1.165) is 32.5 Å². The number of rotatable bonds is 5. The topological polar surface area (TPSA) is 67.6 Å². The van der Waals surface area contributed by atoms with Gasteiger partial charge in [0.25, 0.3) is 0 Å². The van der Waals surface area contributed by atoms with Crippen LogP contribution in [0.15, 0.2) is 18.2 Å². The van der Waals surface area contributed by atoms with E-state index in [1.807, 2.05) is 19.1 Å². The molecule has 0 bridgehead atoms. The van der Waals surface area contributed by atoms with Crippen molar-refractivity contribution in [3.63, 3.8) is 0 Å². The summed E-state index contributed by atoms with van der Waals surface area (Å²) in [5, 5.41) is 15.1. The molecule has 0 saturated carbocycles. The third-order valence-corrected chi connectivity index (χ3v) is 5.01. The molecule has 0 aliphatic carbocycles. The maximum Gasteiger partial charge on any atom is 0.333 e. The summed E-state index contributed by atoms with van der Waals surface area (Å²) in [5.41, 5.74) is 0.797. The lowest BCUT2D eigenvalue weighted by Crippen LogP contribution is -2.41. The molecule has 0 amide bonds. The van der Waals surface area contributed by atoms with Gasteiger partial charge in [-0.1, -0.05) is 6.07 Å². The van der Waals surface area contributed by atoms with E-state index in [-0.39, 0.29) is 10.6 Å². The van der Waals surface area contributed by atoms with Crippen molar-refractivity contribution in [1.82, 2.24) is 5.32 Å². The van der Waals surface area contributed by atoms with Crippen LogP contribution in [0.5, 0.6) is 5.75 Å². The average molecular weight is 319 g/mol. The predicted octanol–water partition coefficient (Wildman–Crippen LogP) is 2.96. The molecule has 3 rings (SSSR count). The fourth-order valence-electron chi connectivity index (χ4n) is 3.88. The highest BCUT2D eigenvalue weighted by Gasteiger charge is 2.31. The Morgan fingerprint density at radius 3 is 2.74 bits per heavy atom. The summed E-state index contributed by atoms with van der Waals surface area (Å²) in [6, 6.07) is 6.01. The van der Waals surface area contributed by atoms with Gasteiger partial charge in [0.05, 0.1) is 11.5 Å². The molecule has 0 spiro atoms. The van der Waals surface area contributed by atoms with Crippen molar-refractivity contribution in [2.24, 2.45) is 5.92 Å². The van der Waals surface area contributed by atoms with Gasteiger partial charge < -0.3 is 15.0 Å². The first kappa shape index (κ1) is 16.1. The molecule has 2 heterocycles. The van der Waals surface area contributed by atoms with Crippen molar-refractivity contribution in [1.29, 1.82) is 0 Å². The summed E-state index contributed by atoms with van der Waals surface area (Å²) in [6.45, 7) is 5.15. The van der Waals surface area contributed by atoms with Gasteiger partial charge in [-0.2, -0.15) is 0 Å². The minimum absolute atomic E-state index is 0.104. The number of nitro groups is 1. The fourth-order valence-corrected chi connectivity index (χ4v) is 3.88. The molecule has 6 nitrogen and oxygen atoms in total. The van der Waals surface area contributed by atoms with E-state index in [9.17, 15) is 10.1 Å². The second-order valence-electron chi connectivity index (χ2n) is 6.34. The van der Waals surface area contributed by atoms with Crippen molar-refractivity contribution in [2.75, 3.05) is 31.1 Å². The molecular formula is C17H25N3O3. The van der Waals surface area contributed by atoms with Crippen LogP contribution >= 0.6 is 0 Å². The minimum atomic E-state index is -0.315. The van der Waals surface area contributed by atoms with E-state index >= 15 is 0 Å². The maximum absolute atomic E-state index is 11.5. The molecule has 0 radical (unpaired) electrons. The molecule has 2 fully saturated rings. The predicted molar refractivity (Wildman–Crippen MR) is 90.2 cm³/mol. The SMILES string of the molecule is CCOc1cccc(N2CCC(C3CCCN3)CC2)c1[N+](=O)[O-]. The van der Waals surface area contributed by atoms with Gasteiger partial charge in [0, 0.05) is 19.1 Å². The van der Waals surface area contributed by atoms with Gasteiger partial charge in [-0.25, -0.2) is 0 Å². The molecule has 6 heteroatoms. The molecule has 2 aliphatic rings. The number of anilines is 1. The number of hydrogen-bond donors (Lipinski definition) is 1. The Morgan fingerprint density at radius 1 is 1.35 bits per heavy atom. The first-order valence-corrected chi connectivity index (χ1v) is 8.59. The lowest BCUT2D eigenvalue weighted by Gasteiger charge is -2.36. The summed E-state index contributed by atoms with van der Waals surface area (Å²) < 4.78 is 5.45. The van der Waals surface area contributed by atoms with Crippen LogP contribution in [-0.4, -0.2) is 37.2 Å². The largest absolute Gasteiger partial charge is 0.487 e. The molecule has 1 unspecified atom stereocenters. The van der Waals surface area contributed by atoms with E-state index in [4.69, 9.17) is 4.74 Å². The zero-order chi connectivity index (χ0) is 16.2. The molecule has 2 saturated heterocycles. The number of hydrogen-bond acceptors (Lipinski definition) is 5. The van der Waals surface area contributed by atoms with Gasteiger partial charge in [0.2, 0.25) is 0 Å². The van der Waals surface area contributed by atoms with Gasteiger partial charge in [-0.15, -0.1) is 0 Å². The van der Waals surface area contributed by atoms with E-state index in [1.54, 1.807) is 6.07 Å². The Balaban J connectivity index is 1.74. The zero-order valence-electron chi connectivity index (χ0n) is 13.7. The number of nitro benzene ring substituents is 1. The number of piperidine rings is 1. The van der Waals surface area contributed by atoms with E-state index in [2.05, 4.69) is 10.2 Å². The van der Waals surface area contributed by atoms with E-state index in [1.165, 1.54) is 12.8 Å². The van der Waals surface area contributed by atoms with Gasteiger partial charge >= 0.3 is 5.69 Å². The average Bonchev–Trinajstić information content (AvgIpc) is 3.09. The van der Waals surface area contributed by atoms with Crippen molar-refractivity contribution in [3.05, 3.63) is 28.3 Å². The number of nitrogens with one attached hydrogen (secondary N) is 1. The first-order chi connectivity index (χ1) is 11.2. The van der Waals surface area contributed by atoms with Gasteiger partial charge in [0.15, 0.2) is 5.75 Å². The molecule has 1 aromatic carbocycles. The molecule has 0 aromatic heterocycles. The van der Waals surface area contributed by atoms with Crippen LogP contribution in [-0.2, 0) is 0 Å². The molecule has 1 atom stereocenters. The summed E-state index contributed by atoms with van der Waals surface area (Å²) in [6.07, 6.45) is 4.72. The number of ether oxygens (including phenoxy) is 1. The highest BCUT2D eigenvalue weighted by atomic mass is 16.6. The molecule has 1 aromatic rings. The summed E-state index contributed by atoms with van der Waals surface area (Å²) >= 11 is 0. The number of benzene rings is 1. The van der Waals surface area contributed by atoms with E-state index in [0.29, 0.717) is 30.0 Å². The van der Waals surface area contributed by atoms with E-state index < -0.39 is 0 Å². The minimum Gasteiger partial charge on any atom is -0.487 e. The highest BCUT2D eigenvalue weighted by molar-refractivity contribution is 5.70. The smallest absolute Gasteiger partial charge is 0.333 e. The first-order valence-electron chi connectivity index (χ1n) is 8.59. The van der Waals surface area contributed by atoms with Crippen LogP contribution in [0.3, 0.4) is 0 Å². The van der Waals surface area contributed by atoms with Crippen LogP contribution in [0, 0.1) is 16.0 Å². The molecule has 23 heavy (non-hydrogen) atoms. The fraction of sp³-hybridized carbons (Fsp3) is 0.647. The summed E-state index contributed by atoms with van der Waals surface area (Å²) in [4.78, 5) is 13.4. The third kappa shape index (κ3) is 3.42. The Kier molecular flexibility index (Phi) is 5.00. The Morgan fingerprint density at radius 2 is 2.13 bits per heavy atom. The lowest BCUT2D eigenvalue weighted by molar-refractivity contribution is -0.385. The summed E-state index contributed by atoms with van der Waals surface area (Å²) in [5.74, 6) is 1.07. The second-order valence-corrected chi connectivity index (χ2v) is 6.34. The monoisotopic (exact) mass is 319 g/mol. The normalized spacial score (nSPS) is 22.3. The Bertz CT molecular complexity index is 550. The maximum atomic E-state index is 11.5. The highest BCUT2D eigenvalue weighted by Crippen LogP contribution is 2.39. The van der Waals surface area contributed by atoms with Crippen molar-refractivity contribution in [2.45, 2.75) is 38.6 Å². The third-order valence-electron chi connectivity index (χ3n) is 5.01. The lowest BCUT2D eigenvalue weighted by atomic mass is 9.88. The number of nitrogens with zero attached hydrogens (tertiary/aromatic N) is 2. The molecule has 2 aliphatic heterocycles.